The summed E-state index contributed by atoms with van der Waals surface area (Å²) in [5, 5.41) is 2.73. The highest BCUT2D eigenvalue weighted by atomic mass is 19.4. The largest absolute Gasteiger partial charge is 0.418 e. The highest BCUT2D eigenvalue weighted by molar-refractivity contribution is 6.00. The lowest BCUT2D eigenvalue weighted by Crippen LogP contribution is -2.50. The van der Waals surface area contributed by atoms with Crippen LogP contribution in [-0.4, -0.2) is 24.2 Å². The molecule has 1 amide bonds. The molecule has 0 spiro atoms. The molecule has 1 aliphatic rings. The van der Waals surface area contributed by atoms with Crippen molar-refractivity contribution in [2.45, 2.75) is 38.1 Å². The number of alkyl halides is 3. The third-order valence-corrected chi connectivity index (χ3v) is 3.94. The van der Waals surface area contributed by atoms with Crippen LogP contribution in [0.25, 0.3) is 0 Å². The van der Waals surface area contributed by atoms with Crippen LogP contribution in [0.15, 0.2) is 18.2 Å². The Labute approximate surface area is 120 Å². The summed E-state index contributed by atoms with van der Waals surface area (Å²) in [6.45, 7) is 4.10. The van der Waals surface area contributed by atoms with Crippen LogP contribution in [0, 0.1) is 0 Å². The van der Waals surface area contributed by atoms with Crippen LogP contribution < -0.4 is 11.1 Å². The molecule has 7 heteroatoms. The van der Waals surface area contributed by atoms with Gasteiger partial charge in [-0.2, -0.15) is 13.2 Å². The summed E-state index contributed by atoms with van der Waals surface area (Å²) in [5.41, 5.74) is 3.16. The van der Waals surface area contributed by atoms with Crippen molar-refractivity contribution >= 4 is 11.6 Å². The van der Waals surface area contributed by atoms with Crippen molar-refractivity contribution in [2.24, 2.45) is 0 Å². The predicted octanol–water partition coefficient (Wildman–Crippen LogP) is 2.58. The second-order valence-electron chi connectivity index (χ2n) is 5.40. The molecule has 2 rings (SSSR count). The third kappa shape index (κ3) is 2.97. The van der Waals surface area contributed by atoms with E-state index in [9.17, 15) is 18.0 Å². The van der Waals surface area contributed by atoms with Crippen molar-refractivity contribution in [3.05, 3.63) is 29.3 Å². The highest BCUT2D eigenvalue weighted by Gasteiger charge is 2.39. The van der Waals surface area contributed by atoms with E-state index in [1.165, 1.54) is 12.1 Å². The maximum absolute atomic E-state index is 12.8. The number of nitrogens with two attached hydrogens (primary N) is 1. The monoisotopic (exact) mass is 302 g/mol. The average Bonchev–Trinajstić information content (AvgIpc) is 2.67. The molecule has 116 valence electrons. The number of rotatable bonds is 2. The lowest BCUT2D eigenvalue weighted by molar-refractivity contribution is -0.136. The summed E-state index contributed by atoms with van der Waals surface area (Å²) in [6.07, 6.45) is -4.21. The van der Waals surface area contributed by atoms with Crippen molar-refractivity contribution in [2.75, 3.05) is 12.3 Å². The molecule has 1 fully saturated rings. The van der Waals surface area contributed by atoms with Gasteiger partial charge in [-0.1, -0.05) is 6.07 Å². The zero-order valence-electron chi connectivity index (χ0n) is 11.8. The fourth-order valence-corrected chi connectivity index (χ4v) is 2.34. The first-order valence-corrected chi connectivity index (χ1v) is 6.55. The molecule has 1 aromatic carbocycles. The van der Waals surface area contributed by atoms with Gasteiger partial charge in [0.25, 0.3) is 5.91 Å². The molecule has 0 saturated carbocycles. The number of amides is 1. The lowest BCUT2D eigenvalue weighted by atomic mass is 9.94. The second-order valence-corrected chi connectivity index (χ2v) is 5.40. The van der Waals surface area contributed by atoms with Gasteiger partial charge in [0, 0.05) is 6.61 Å². The number of ether oxygens (including phenoxy) is 1. The van der Waals surface area contributed by atoms with E-state index in [-0.39, 0.29) is 11.7 Å². The van der Waals surface area contributed by atoms with E-state index in [0.717, 1.165) is 6.07 Å². The Morgan fingerprint density at radius 3 is 2.67 bits per heavy atom. The predicted molar refractivity (Wildman–Crippen MR) is 71.8 cm³/mol. The number of halogens is 3. The zero-order chi connectivity index (χ0) is 15.8. The number of nitrogen functional groups attached to an aromatic ring is 1. The fraction of sp³-hybridized carbons (Fsp3) is 0.500. The Kier molecular flexibility index (Phi) is 3.88. The lowest BCUT2D eigenvalue weighted by Gasteiger charge is -2.29. The van der Waals surface area contributed by atoms with Crippen molar-refractivity contribution in [3.8, 4) is 0 Å². The van der Waals surface area contributed by atoms with E-state index in [0.29, 0.717) is 13.0 Å². The maximum atomic E-state index is 12.8. The second kappa shape index (κ2) is 5.22. The molecule has 0 bridgehead atoms. The molecule has 0 aliphatic carbocycles. The van der Waals surface area contributed by atoms with Gasteiger partial charge in [-0.15, -0.1) is 0 Å². The van der Waals surface area contributed by atoms with Gasteiger partial charge in [0.05, 0.1) is 28.5 Å². The summed E-state index contributed by atoms with van der Waals surface area (Å²) in [7, 11) is 0. The van der Waals surface area contributed by atoms with Crippen LogP contribution in [0.5, 0.6) is 0 Å². The molecule has 0 radical (unpaired) electrons. The van der Waals surface area contributed by atoms with Gasteiger partial charge in [0.1, 0.15) is 0 Å². The van der Waals surface area contributed by atoms with Crippen LogP contribution in [0.3, 0.4) is 0 Å². The third-order valence-electron chi connectivity index (χ3n) is 3.94. The molecule has 21 heavy (non-hydrogen) atoms. The van der Waals surface area contributed by atoms with E-state index in [2.05, 4.69) is 5.32 Å². The molecule has 0 aromatic heterocycles. The first kappa shape index (κ1) is 15.6. The van der Waals surface area contributed by atoms with Crippen molar-refractivity contribution in [3.63, 3.8) is 0 Å². The Morgan fingerprint density at radius 1 is 1.48 bits per heavy atom. The van der Waals surface area contributed by atoms with E-state index in [4.69, 9.17) is 10.5 Å². The number of carbonyl (C=O) groups is 1. The van der Waals surface area contributed by atoms with Gasteiger partial charge < -0.3 is 15.8 Å². The average molecular weight is 302 g/mol. The summed E-state index contributed by atoms with van der Waals surface area (Å²) < 4.78 is 43.8. The molecule has 1 saturated heterocycles. The smallest absolute Gasteiger partial charge is 0.398 e. The minimum atomic E-state index is -4.59. The Morgan fingerprint density at radius 2 is 2.14 bits per heavy atom. The van der Waals surface area contributed by atoms with E-state index in [1.54, 1.807) is 6.92 Å². The van der Waals surface area contributed by atoms with E-state index >= 15 is 0 Å². The number of hydrogen-bond donors (Lipinski definition) is 2. The zero-order valence-corrected chi connectivity index (χ0v) is 11.8. The molecule has 1 aliphatic heterocycles. The van der Waals surface area contributed by atoms with Gasteiger partial charge >= 0.3 is 6.18 Å². The fourth-order valence-electron chi connectivity index (χ4n) is 2.34. The Bertz CT molecular complexity index is 560. The van der Waals surface area contributed by atoms with Gasteiger partial charge in [-0.25, -0.2) is 0 Å². The standard InChI is InChI=1S/C14H17F3N2O2/c1-8-13(2,6-7-21-8)19-12(20)9-4-3-5-10(11(9)18)14(15,16)17/h3-5,8H,6-7,18H2,1-2H3,(H,19,20). The van der Waals surface area contributed by atoms with Crippen LogP contribution in [0.2, 0.25) is 0 Å². The molecular weight excluding hydrogens is 285 g/mol. The van der Waals surface area contributed by atoms with Crippen molar-refractivity contribution in [1.82, 2.24) is 5.32 Å². The molecule has 1 aromatic rings. The first-order valence-electron chi connectivity index (χ1n) is 6.55. The Balaban J connectivity index is 2.28. The highest BCUT2D eigenvalue weighted by Crippen LogP contribution is 2.35. The number of carbonyl (C=O) groups excluding carboxylic acids is 1. The van der Waals surface area contributed by atoms with E-state index < -0.39 is 28.9 Å². The number of hydrogen-bond acceptors (Lipinski definition) is 3. The number of nitrogens with one attached hydrogen (secondary N) is 1. The normalized spacial score (nSPS) is 25.9. The summed E-state index contributed by atoms with van der Waals surface area (Å²) >= 11 is 0. The molecule has 4 nitrogen and oxygen atoms in total. The summed E-state index contributed by atoms with van der Waals surface area (Å²) in [5.74, 6) is -0.626. The number of anilines is 1. The Hall–Kier alpha value is -1.76. The molecular formula is C14H17F3N2O2. The van der Waals surface area contributed by atoms with Gasteiger partial charge in [-0.05, 0) is 32.4 Å². The van der Waals surface area contributed by atoms with E-state index in [1.807, 2.05) is 6.92 Å². The molecule has 2 unspecified atom stereocenters. The molecule has 2 atom stereocenters. The van der Waals surface area contributed by atoms with Crippen LogP contribution in [0.4, 0.5) is 18.9 Å². The van der Waals surface area contributed by atoms with Crippen LogP contribution >= 0.6 is 0 Å². The number of para-hydroxylation sites is 1. The number of benzene rings is 1. The summed E-state index contributed by atoms with van der Waals surface area (Å²) in [6, 6.07) is 3.31. The maximum Gasteiger partial charge on any atom is 0.418 e. The minimum Gasteiger partial charge on any atom is -0.398 e. The topological polar surface area (TPSA) is 64.3 Å². The van der Waals surface area contributed by atoms with Gasteiger partial charge in [-0.3, -0.25) is 4.79 Å². The SMILES string of the molecule is CC1OCCC1(C)NC(=O)c1cccc(C(F)(F)F)c1N. The van der Waals surface area contributed by atoms with Crippen molar-refractivity contribution in [1.29, 1.82) is 0 Å². The molecule has 3 N–H and O–H groups in total. The molecule has 1 heterocycles. The van der Waals surface area contributed by atoms with Crippen LogP contribution in [-0.2, 0) is 10.9 Å². The van der Waals surface area contributed by atoms with Gasteiger partial charge in [0.15, 0.2) is 0 Å². The quantitative estimate of drug-likeness (QED) is 0.825. The van der Waals surface area contributed by atoms with Crippen molar-refractivity contribution < 1.29 is 22.7 Å². The first-order chi connectivity index (χ1) is 9.65. The summed E-state index contributed by atoms with van der Waals surface area (Å²) in [4.78, 5) is 12.2. The van der Waals surface area contributed by atoms with Gasteiger partial charge in [0.2, 0.25) is 0 Å². The minimum absolute atomic E-state index is 0.176. The van der Waals surface area contributed by atoms with Crippen LogP contribution in [0.1, 0.15) is 36.2 Å².